The number of aliphatic carboxylic acids is 1. The maximum Gasteiger partial charge on any atom is 0.327 e. The van der Waals surface area contributed by atoms with E-state index in [1.807, 2.05) is 0 Å². The molecule has 0 amide bonds. The Morgan fingerprint density at radius 2 is 2.24 bits per heavy atom. The van der Waals surface area contributed by atoms with E-state index in [2.05, 4.69) is 0 Å². The number of halogens is 2. The van der Waals surface area contributed by atoms with Crippen molar-refractivity contribution in [2.45, 2.75) is 6.42 Å². The fourth-order valence-corrected chi connectivity index (χ4v) is 2.39. The lowest BCUT2D eigenvalue weighted by Crippen LogP contribution is -2.19. The van der Waals surface area contributed by atoms with Gasteiger partial charge in [0.2, 0.25) is 0 Å². The summed E-state index contributed by atoms with van der Waals surface area (Å²) in [5.74, 6) is -0.274. The number of carboxylic acids is 1. The lowest BCUT2D eigenvalue weighted by atomic mass is 9.96. The van der Waals surface area contributed by atoms with Gasteiger partial charge < -0.3 is 9.84 Å². The Balaban J connectivity index is 2.21. The van der Waals surface area contributed by atoms with Gasteiger partial charge in [-0.1, -0.05) is 29.3 Å². The molecule has 0 saturated heterocycles. The number of fused-ring (bicyclic) bond motifs is 1. The van der Waals surface area contributed by atoms with Crippen molar-refractivity contribution in [2.75, 3.05) is 6.61 Å². The summed E-state index contributed by atoms with van der Waals surface area (Å²) >= 11 is 11.9. The van der Waals surface area contributed by atoms with Crippen LogP contribution in [0.25, 0.3) is 0 Å². The molecule has 0 saturated carbocycles. The predicted molar refractivity (Wildman–Crippen MR) is 65.9 cm³/mol. The topological polar surface area (TPSA) is 46.5 Å². The van der Waals surface area contributed by atoms with E-state index in [-0.39, 0.29) is 5.92 Å². The summed E-state index contributed by atoms with van der Waals surface area (Å²) in [7, 11) is 0. The van der Waals surface area contributed by atoms with E-state index in [0.717, 1.165) is 11.6 Å². The van der Waals surface area contributed by atoms with Crippen LogP contribution in [0.3, 0.4) is 0 Å². The quantitative estimate of drug-likeness (QED) is 0.842. The molecular formula is C12H10Cl2O3. The maximum absolute atomic E-state index is 10.4. The van der Waals surface area contributed by atoms with Crippen LogP contribution in [0.15, 0.2) is 24.3 Å². The third-order valence-electron chi connectivity index (χ3n) is 2.52. The molecule has 1 aliphatic heterocycles. The largest absolute Gasteiger partial charge is 0.491 e. The third kappa shape index (κ3) is 2.93. The Bertz CT molecular complexity index is 483. The molecule has 90 valence electrons. The first kappa shape index (κ1) is 12.3. The van der Waals surface area contributed by atoms with Gasteiger partial charge in [-0.3, -0.25) is 0 Å². The minimum absolute atomic E-state index is 0.0353. The van der Waals surface area contributed by atoms with E-state index in [1.54, 1.807) is 18.2 Å². The number of ether oxygens (including phenoxy) is 1. The Morgan fingerprint density at radius 1 is 1.47 bits per heavy atom. The summed E-state index contributed by atoms with van der Waals surface area (Å²) in [6, 6.07) is 3.43. The molecule has 0 aromatic heterocycles. The van der Waals surface area contributed by atoms with Crippen molar-refractivity contribution in [2.24, 2.45) is 5.92 Å². The average Bonchev–Trinajstić information content (AvgIpc) is 2.25. The van der Waals surface area contributed by atoms with Crippen molar-refractivity contribution in [3.63, 3.8) is 0 Å². The normalized spacial score (nSPS) is 18.8. The Hall–Kier alpha value is -1.19. The highest BCUT2D eigenvalue weighted by Crippen LogP contribution is 2.37. The van der Waals surface area contributed by atoms with Gasteiger partial charge in [-0.25, -0.2) is 4.79 Å². The molecule has 0 aliphatic carbocycles. The molecule has 0 unspecified atom stereocenters. The van der Waals surface area contributed by atoms with Crippen molar-refractivity contribution in [1.82, 2.24) is 0 Å². The van der Waals surface area contributed by atoms with Crippen molar-refractivity contribution in [3.05, 3.63) is 39.9 Å². The second-order valence-corrected chi connectivity index (χ2v) is 4.69. The number of benzene rings is 1. The minimum Gasteiger partial charge on any atom is -0.491 e. The number of carbonyl (C=O) groups is 1. The van der Waals surface area contributed by atoms with Crippen LogP contribution in [0.2, 0.25) is 10.0 Å². The van der Waals surface area contributed by atoms with Crippen molar-refractivity contribution in [3.8, 4) is 5.75 Å². The zero-order valence-corrected chi connectivity index (χ0v) is 10.3. The molecule has 1 aromatic carbocycles. The van der Waals surface area contributed by atoms with Gasteiger partial charge in [0.25, 0.3) is 0 Å². The summed E-state index contributed by atoms with van der Waals surface area (Å²) in [6.45, 7) is 0.429. The highest BCUT2D eigenvalue weighted by molar-refractivity contribution is 6.35. The Kier molecular flexibility index (Phi) is 3.60. The molecule has 0 fully saturated rings. The summed E-state index contributed by atoms with van der Waals surface area (Å²) in [6.07, 6.45) is 3.44. The van der Waals surface area contributed by atoms with Crippen LogP contribution in [0, 0.1) is 5.92 Å². The average molecular weight is 273 g/mol. The van der Waals surface area contributed by atoms with E-state index in [4.69, 9.17) is 33.0 Å². The maximum atomic E-state index is 10.4. The van der Waals surface area contributed by atoms with Gasteiger partial charge in [0.05, 0.1) is 11.6 Å². The Labute approximate surface area is 109 Å². The summed E-state index contributed by atoms with van der Waals surface area (Å²) in [5, 5.41) is 9.61. The molecule has 3 nitrogen and oxygen atoms in total. The van der Waals surface area contributed by atoms with E-state index < -0.39 is 5.97 Å². The lowest BCUT2D eigenvalue weighted by molar-refractivity contribution is -0.131. The van der Waals surface area contributed by atoms with Gasteiger partial charge in [-0.15, -0.1) is 0 Å². The van der Waals surface area contributed by atoms with Crippen molar-refractivity contribution < 1.29 is 14.6 Å². The second kappa shape index (κ2) is 4.98. The molecule has 2 rings (SSSR count). The minimum atomic E-state index is -0.958. The first-order valence-electron chi connectivity index (χ1n) is 5.08. The summed E-state index contributed by atoms with van der Waals surface area (Å²) in [5.41, 5.74) is 0.911. The fraction of sp³-hybridized carbons (Fsp3) is 0.250. The molecule has 0 radical (unpaired) electrons. The van der Waals surface area contributed by atoms with Crippen LogP contribution in [0.4, 0.5) is 0 Å². The molecular weight excluding hydrogens is 263 g/mol. The first-order chi connectivity index (χ1) is 8.06. The molecule has 1 aromatic rings. The fourth-order valence-electron chi connectivity index (χ4n) is 1.80. The van der Waals surface area contributed by atoms with Gasteiger partial charge in [-0.2, -0.15) is 0 Å². The van der Waals surface area contributed by atoms with Crippen LogP contribution in [-0.4, -0.2) is 17.7 Å². The standard InChI is InChI=1S/C12H10Cl2O3/c13-9-4-8-3-7(1-2-11(15)16)6-17-12(8)10(14)5-9/h1-2,4-5,7H,3,6H2,(H,15,16)/b2-1+/t7-/m1/s1. The van der Waals surface area contributed by atoms with Crippen LogP contribution in [-0.2, 0) is 11.2 Å². The van der Waals surface area contributed by atoms with Gasteiger partial charge in [0, 0.05) is 17.0 Å². The predicted octanol–water partition coefficient (Wildman–Crippen LogP) is 3.19. The molecule has 1 N–H and O–H groups in total. The molecule has 0 spiro atoms. The number of hydrogen-bond donors (Lipinski definition) is 1. The van der Waals surface area contributed by atoms with E-state index in [9.17, 15) is 4.79 Å². The highest BCUT2D eigenvalue weighted by atomic mass is 35.5. The first-order valence-corrected chi connectivity index (χ1v) is 5.83. The SMILES string of the molecule is O=C(O)/C=C/[C@H]1COc2c(Cl)cc(Cl)cc2C1. The third-order valence-corrected chi connectivity index (χ3v) is 3.02. The van der Waals surface area contributed by atoms with E-state index >= 15 is 0 Å². The molecule has 1 atom stereocenters. The molecule has 1 aliphatic rings. The van der Waals surface area contributed by atoms with Crippen LogP contribution >= 0.6 is 23.2 Å². The van der Waals surface area contributed by atoms with Crippen LogP contribution in [0.1, 0.15) is 5.56 Å². The van der Waals surface area contributed by atoms with Crippen molar-refractivity contribution >= 4 is 29.2 Å². The zero-order chi connectivity index (χ0) is 12.4. The lowest BCUT2D eigenvalue weighted by Gasteiger charge is -2.24. The monoisotopic (exact) mass is 272 g/mol. The van der Waals surface area contributed by atoms with Gasteiger partial charge in [-0.05, 0) is 24.1 Å². The van der Waals surface area contributed by atoms with Gasteiger partial charge in [0.15, 0.2) is 0 Å². The van der Waals surface area contributed by atoms with Gasteiger partial charge >= 0.3 is 5.97 Å². The van der Waals surface area contributed by atoms with Crippen LogP contribution in [0.5, 0.6) is 5.75 Å². The molecule has 17 heavy (non-hydrogen) atoms. The Morgan fingerprint density at radius 3 is 2.94 bits per heavy atom. The molecule has 0 bridgehead atoms. The summed E-state index contributed by atoms with van der Waals surface area (Å²) in [4.78, 5) is 10.4. The van der Waals surface area contributed by atoms with E-state index in [0.29, 0.717) is 28.8 Å². The number of carboxylic acid groups (broad SMARTS) is 1. The second-order valence-electron chi connectivity index (χ2n) is 3.85. The number of rotatable bonds is 2. The zero-order valence-electron chi connectivity index (χ0n) is 8.82. The summed E-state index contributed by atoms with van der Waals surface area (Å²) < 4.78 is 5.52. The van der Waals surface area contributed by atoms with Gasteiger partial charge in [0.1, 0.15) is 5.75 Å². The molecule has 5 heteroatoms. The highest BCUT2D eigenvalue weighted by Gasteiger charge is 2.21. The number of hydrogen-bond acceptors (Lipinski definition) is 2. The van der Waals surface area contributed by atoms with Crippen molar-refractivity contribution in [1.29, 1.82) is 0 Å². The van der Waals surface area contributed by atoms with Crippen LogP contribution < -0.4 is 4.74 Å². The molecule has 1 heterocycles. The smallest absolute Gasteiger partial charge is 0.327 e. The van der Waals surface area contributed by atoms with E-state index in [1.165, 1.54) is 0 Å².